The lowest BCUT2D eigenvalue weighted by molar-refractivity contribution is 1.14. The molecule has 1 atom stereocenters. The summed E-state index contributed by atoms with van der Waals surface area (Å²) in [5.41, 5.74) is 2.11. The average molecular weight is 316 g/mol. The third kappa shape index (κ3) is 2.60. The first-order valence-electron chi connectivity index (χ1n) is 4.82. The fraction of sp³-hybridized carbons (Fsp3) is 0.0769. The molecule has 3 heteroatoms. The van der Waals surface area contributed by atoms with Crippen molar-refractivity contribution in [3.8, 4) is 0 Å². The van der Waals surface area contributed by atoms with Crippen molar-refractivity contribution < 1.29 is 0 Å². The Morgan fingerprint density at radius 1 is 0.938 bits per heavy atom. The number of hydrogen-bond acceptors (Lipinski definition) is 0. The van der Waals surface area contributed by atoms with E-state index < -0.39 is 0 Å². The monoisotopic (exact) mass is 314 g/mol. The number of alkyl halides is 1. The summed E-state index contributed by atoms with van der Waals surface area (Å²) < 4.78 is 0.869. The third-order valence-electron chi connectivity index (χ3n) is 2.33. The molecule has 1 unspecified atom stereocenters. The summed E-state index contributed by atoms with van der Waals surface area (Å²) in [5.74, 6) is 0. The summed E-state index contributed by atoms with van der Waals surface area (Å²) in [6, 6.07) is 15.7. The summed E-state index contributed by atoms with van der Waals surface area (Å²) >= 11 is 15.7. The van der Waals surface area contributed by atoms with Gasteiger partial charge in [-0.15, -0.1) is 11.6 Å². The van der Waals surface area contributed by atoms with Gasteiger partial charge in [0.2, 0.25) is 0 Å². The molecule has 82 valence electrons. The van der Waals surface area contributed by atoms with Crippen LogP contribution in [0.4, 0.5) is 0 Å². The maximum absolute atomic E-state index is 6.39. The molecule has 16 heavy (non-hydrogen) atoms. The molecule has 0 aliphatic heterocycles. The smallest absolute Gasteiger partial charge is 0.0835 e. The van der Waals surface area contributed by atoms with Gasteiger partial charge in [0.1, 0.15) is 0 Å². The van der Waals surface area contributed by atoms with Gasteiger partial charge in [-0.3, -0.25) is 0 Å². The molecule has 0 amide bonds. The largest absolute Gasteiger partial charge is 0.113 e. The minimum Gasteiger partial charge on any atom is -0.113 e. The van der Waals surface area contributed by atoms with E-state index in [0.29, 0.717) is 5.02 Å². The Bertz CT molecular complexity index is 483. The van der Waals surface area contributed by atoms with Gasteiger partial charge in [0.15, 0.2) is 0 Å². The number of benzene rings is 2. The standard InChI is InChI=1S/C13H9BrCl2/c14-11-8-10(6-7-12(11)15)13(16)9-4-2-1-3-5-9/h1-8,13H. The van der Waals surface area contributed by atoms with Crippen LogP contribution in [0.5, 0.6) is 0 Å². The molecule has 0 nitrogen and oxygen atoms in total. The van der Waals surface area contributed by atoms with Crippen molar-refractivity contribution >= 4 is 39.1 Å². The van der Waals surface area contributed by atoms with Crippen molar-refractivity contribution in [2.45, 2.75) is 5.38 Å². The molecule has 2 rings (SSSR count). The summed E-state index contributed by atoms with van der Waals surface area (Å²) in [7, 11) is 0. The van der Waals surface area contributed by atoms with Gasteiger partial charge < -0.3 is 0 Å². The van der Waals surface area contributed by atoms with Gasteiger partial charge in [0.05, 0.1) is 10.4 Å². The molecule has 0 radical (unpaired) electrons. The van der Waals surface area contributed by atoms with Crippen LogP contribution in [-0.4, -0.2) is 0 Å². The normalized spacial score (nSPS) is 12.4. The molecule has 0 aliphatic carbocycles. The Balaban J connectivity index is 2.34. The Hall–Kier alpha value is -0.500. The van der Waals surface area contributed by atoms with Crippen molar-refractivity contribution in [1.29, 1.82) is 0 Å². The highest BCUT2D eigenvalue weighted by molar-refractivity contribution is 9.10. The second-order valence-electron chi connectivity index (χ2n) is 3.45. The van der Waals surface area contributed by atoms with E-state index >= 15 is 0 Å². The molecular weight excluding hydrogens is 307 g/mol. The van der Waals surface area contributed by atoms with Crippen LogP contribution >= 0.6 is 39.1 Å². The third-order valence-corrected chi connectivity index (χ3v) is 4.05. The van der Waals surface area contributed by atoms with E-state index in [1.807, 2.05) is 48.5 Å². The van der Waals surface area contributed by atoms with E-state index in [1.165, 1.54) is 0 Å². The first-order chi connectivity index (χ1) is 7.68. The van der Waals surface area contributed by atoms with Gasteiger partial charge >= 0.3 is 0 Å². The minimum absolute atomic E-state index is 0.144. The van der Waals surface area contributed by atoms with Crippen LogP contribution in [-0.2, 0) is 0 Å². The van der Waals surface area contributed by atoms with Crippen LogP contribution in [0.2, 0.25) is 5.02 Å². The van der Waals surface area contributed by atoms with E-state index in [1.54, 1.807) is 0 Å². The Kier molecular flexibility index (Phi) is 3.91. The topological polar surface area (TPSA) is 0 Å². The van der Waals surface area contributed by atoms with Crippen LogP contribution in [0.3, 0.4) is 0 Å². The van der Waals surface area contributed by atoms with Crippen LogP contribution in [0, 0.1) is 0 Å². The SMILES string of the molecule is Clc1ccc(C(Cl)c2ccccc2)cc1Br. The Morgan fingerprint density at radius 3 is 2.25 bits per heavy atom. The number of hydrogen-bond donors (Lipinski definition) is 0. The molecule has 0 N–H and O–H groups in total. The van der Waals surface area contributed by atoms with Crippen molar-refractivity contribution in [2.75, 3.05) is 0 Å². The van der Waals surface area contributed by atoms with Crippen molar-refractivity contribution in [3.63, 3.8) is 0 Å². The predicted octanol–water partition coefficient (Wildman–Crippen LogP) is 5.43. The highest BCUT2D eigenvalue weighted by Crippen LogP contribution is 2.32. The fourth-order valence-corrected chi connectivity index (χ4v) is 2.28. The van der Waals surface area contributed by atoms with Gasteiger partial charge in [0.25, 0.3) is 0 Å². The summed E-state index contributed by atoms with van der Waals surface area (Å²) in [6.45, 7) is 0. The zero-order valence-corrected chi connectivity index (χ0v) is 11.4. The molecule has 0 aliphatic rings. The number of halogens is 3. The molecule has 0 fully saturated rings. The average Bonchev–Trinajstić information content (AvgIpc) is 2.33. The first-order valence-corrected chi connectivity index (χ1v) is 6.43. The van der Waals surface area contributed by atoms with Gasteiger partial charge in [0, 0.05) is 4.47 Å². The molecule has 0 aromatic heterocycles. The maximum atomic E-state index is 6.39. The van der Waals surface area contributed by atoms with Crippen molar-refractivity contribution in [1.82, 2.24) is 0 Å². The van der Waals surface area contributed by atoms with E-state index in [0.717, 1.165) is 15.6 Å². The zero-order valence-electron chi connectivity index (χ0n) is 8.33. The van der Waals surface area contributed by atoms with E-state index in [2.05, 4.69) is 15.9 Å². The van der Waals surface area contributed by atoms with E-state index in [-0.39, 0.29) is 5.38 Å². The van der Waals surface area contributed by atoms with Crippen molar-refractivity contribution in [2.24, 2.45) is 0 Å². The first kappa shape index (κ1) is 12.0. The lowest BCUT2D eigenvalue weighted by Crippen LogP contribution is -1.92. The molecule has 0 heterocycles. The van der Waals surface area contributed by atoms with Crippen molar-refractivity contribution in [3.05, 3.63) is 69.2 Å². The summed E-state index contributed by atoms with van der Waals surface area (Å²) in [4.78, 5) is 0. The van der Waals surface area contributed by atoms with Gasteiger partial charge in [-0.1, -0.05) is 48.0 Å². The molecule has 0 saturated heterocycles. The van der Waals surface area contributed by atoms with Gasteiger partial charge in [-0.05, 0) is 39.2 Å². The van der Waals surface area contributed by atoms with Crippen LogP contribution in [0.1, 0.15) is 16.5 Å². The Labute approximate surface area is 113 Å². The molecule has 0 bridgehead atoms. The summed E-state index contributed by atoms with van der Waals surface area (Å²) in [6.07, 6.45) is 0. The lowest BCUT2D eigenvalue weighted by Gasteiger charge is -2.11. The van der Waals surface area contributed by atoms with Gasteiger partial charge in [-0.2, -0.15) is 0 Å². The summed E-state index contributed by atoms with van der Waals surface area (Å²) in [5, 5.41) is 0.551. The van der Waals surface area contributed by atoms with Crippen LogP contribution in [0.25, 0.3) is 0 Å². The predicted molar refractivity (Wildman–Crippen MR) is 73.3 cm³/mol. The number of rotatable bonds is 2. The minimum atomic E-state index is -0.144. The highest BCUT2D eigenvalue weighted by atomic mass is 79.9. The second kappa shape index (κ2) is 5.22. The molecular formula is C13H9BrCl2. The van der Waals surface area contributed by atoms with Crippen LogP contribution in [0.15, 0.2) is 53.0 Å². The Morgan fingerprint density at radius 2 is 1.62 bits per heavy atom. The van der Waals surface area contributed by atoms with E-state index in [4.69, 9.17) is 23.2 Å². The van der Waals surface area contributed by atoms with Gasteiger partial charge in [-0.25, -0.2) is 0 Å². The molecule has 2 aromatic carbocycles. The molecule has 0 saturated carbocycles. The van der Waals surface area contributed by atoms with E-state index in [9.17, 15) is 0 Å². The molecule has 2 aromatic rings. The fourth-order valence-electron chi connectivity index (χ4n) is 1.48. The van der Waals surface area contributed by atoms with Crippen LogP contribution < -0.4 is 0 Å². The zero-order chi connectivity index (χ0) is 11.5. The maximum Gasteiger partial charge on any atom is 0.0835 e. The highest BCUT2D eigenvalue weighted by Gasteiger charge is 2.11. The molecule has 0 spiro atoms. The lowest BCUT2D eigenvalue weighted by atomic mass is 10.0. The second-order valence-corrected chi connectivity index (χ2v) is 5.14. The quantitative estimate of drug-likeness (QED) is 0.648.